The quantitative estimate of drug-likeness (QED) is 0.307. The maximum Gasteiger partial charge on any atom is 0.306 e. The van der Waals surface area contributed by atoms with Crippen molar-refractivity contribution >= 4 is 11.8 Å². The molecule has 2 atom stereocenters. The normalized spacial score (nSPS) is 27.2. The lowest BCUT2D eigenvalue weighted by Gasteiger charge is -2.46. The van der Waals surface area contributed by atoms with Crippen molar-refractivity contribution in [3.63, 3.8) is 0 Å². The van der Waals surface area contributed by atoms with Gasteiger partial charge >= 0.3 is 5.97 Å². The number of hydrogen-bond acceptors (Lipinski definition) is 5. The third-order valence-electron chi connectivity index (χ3n) is 6.72. The number of hydrogen-bond donors (Lipinski definition) is 0. The highest BCUT2D eigenvalue weighted by Gasteiger charge is 2.47. The second kappa shape index (κ2) is 11.3. The minimum absolute atomic E-state index is 0.0478. The summed E-state index contributed by atoms with van der Waals surface area (Å²) in [5.74, 6) is 1.01. The molecule has 5 nitrogen and oxygen atoms in total. The molecule has 1 aliphatic carbocycles. The molecule has 1 heterocycles. The van der Waals surface area contributed by atoms with Gasteiger partial charge in [0.2, 0.25) is 0 Å². The summed E-state index contributed by atoms with van der Waals surface area (Å²) in [7, 11) is 0. The predicted molar refractivity (Wildman–Crippen MR) is 127 cm³/mol. The van der Waals surface area contributed by atoms with Crippen LogP contribution in [0.4, 0.5) is 0 Å². The van der Waals surface area contributed by atoms with E-state index >= 15 is 0 Å². The lowest BCUT2D eigenvalue weighted by Crippen LogP contribution is -2.45. The van der Waals surface area contributed by atoms with Crippen LogP contribution < -0.4 is 0 Å². The average molecular weight is 451 g/mol. The molecule has 0 unspecified atom stereocenters. The Morgan fingerprint density at radius 1 is 1.19 bits per heavy atom. The monoisotopic (exact) mass is 450 g/mol. The Bertz CT molecular complexity index is 647. The second-order valence-corrected chi connectivity index (χ2v) is 11.9. The molecule has 0 aromatic rings. The largest absolute Gasteiger partial charge is 0.460 e. The van der Waals surface area contributed by atoms with Gasteiger partial charge in [-0.1, -0.05) is 39.8 Å². The van der Waals surface area contributed by atoms with E-state index in [1.807, 2.05) is 26.8 Å². The van der Waals surface area contributed by atoms with E-state index in [1.54, 1.807) is 0 Å². The van der Waals surface area contributed by atoms with E-state index < -0.39 is 5.60 Å². The number of ether oxygens (including phenoxy) is 3. The molecule has 2 aliphatic rings. The first-order chi connectivity index (χ1) is 14.8. The SMILES string of the molecule is CC(C)[C@H]1CCCC(=O)[C@@]1(C/C=C\CCC(=O)OC(C)(C)C)CCC1OCC(C)(C)CO1. The van der Waals surface area contributed by atoms with E-state index in [9.17, 15) is 9.59 Å². The molecule has 1 saturated heterocycles. The molecule has 0 aromatic carbocycles. The van der Waals surface area contributed by atoms with Crippen LogP contribution in [0.5, 0.6) is 0 Å². The summed E-state index contributed by atoms with van der Waals surface area (Å²) in [6.07, 6.45) is 9.93. The van der Waals surface area contributed by atoms with Gasteiger partial charge in [-0.15, -0.1) is 0 Å². The van der Waals surface area contributed by atoms with Crippen LogP contribution in [0.3, 0.4) is 0 Å². The van der Waals surface area contributed by atoms with Crippen molar-refractivity contribution in [3.05, 3.63) is 12.2 Å². The van der Waals surface area contributed by atoms with Crippen molar-refractivity contribution in [2.24, 2.45) is 22.7 Å². The van der Waals surface area contributed by atoms with Gasteiger partial charge in [0.25, 0.3) is 0 Å². The van der Waals surface area contributed by atoms with Gasteiger partial charge in [0, 0.05) is 23.7 Å². The molecule has 2 fully saturated rings. The first-order valence-electron chi connectivity index (χ1n) is 12.5. The smallest absolute Gasteiger partial charge is 0.306 e. The standard InChI is InChI=1S/C27H46O5/c1-20(2)21-12-11-13-22(28)27(21,17-15-24-30-18-26(6,7)19-31-24)16-10-8-9-14-23(29)32-25(3,4)5/h8,10,20-21,24H,9,11-19H2,1-7H3/b10-8-/t21-,27+/m1/s1. The lowest BCUT2D eigenvalue weighted by molar-refractivity contribution is -0.226. The molecule has 0 spiro atoms. The number of rotatable bonds is 9. The Morgan fingerprint density at radius 3 is 2.44 bits per heavy atom. The van der Waals surface area contributed by atoms with Crippen LogP contribution in [0, 0.1) is 22.7 Å². The van der Waals surface area contributed by atoms with Gasteiger partial charge in [-0.3, -0.25) is 9.59 Å². The van der Waals surface area contributed by atoms with E-state index in [-0.39, 0.29) is 23.1 Å². The zero-order chi connectivity index (χ0) is 24.0. The van der Waals surface area contributed by atoms with E-state index in [2.05, 4.69) is 33.8 Å². The van der Waals surface area contributed by atoms with Crippen LogP contribution in [0.15, 0.2) is 12.2 Å². The highest BCUT2D eigenvalue weighted by molar-refractivity contribution is 5.86. The summed E-state index contributed by atoms with van der Waals surface area (Å²) in [5, 5.41) is 0. The number of esters is 1. The van der Waals surface area contributed by atoms with Crippen molar-refractivity contribution < 1.29 is 23.8 Å². The molecule has 0 aromatic heterocycles. The molecule has 2 rings (SSSR count). The number of carbonyl (C=O) groups is 2. The van der Waals surface area contributed by atoms with Gasteiger partial charge in [0.05, 0.1) is 13.2 Å². The van der Waals surface area contributed by atoms with Crippen molar-refractivity contribution in [2.45, 2.75) is 112 Å². The van der Waals surface area contributed by atoms with Gasteiger partial charge < -0.3 is 14.2 Å². The van der Waals surface area contributed by atoms with Gasteiger partial charge in [-0.2, -0.15) is 0 Å². The Labute approximate surface area is 195 Å². The average Bonchev–Trinajstić information content (AvgIpc) is 2.67. The maximum absolute atomic E-state index is 13.3. The van der Waals surface area contributed by atoms with Gasteiger partial charge in [-0.05, 0) is 71.1 Å². The zero-order valence-electron chi connectivity index (χ0n) is 21.5. The molecule has 1 saturated carbocycles. The Morgan fingerprint density at radius 2 is 1.84 bits per heavy atom. The first-order valence-corrected chi connectivity index (χ1v) is 12.5. The molecule has 0 N–H and O–H groups in total. The van der Waals surface area contributed by atoms with Crippen molar-refractivity contribution in [1.29, 1.82) is 0 Å². The van der Waals surface area contributed by atoms with E-state index in [0.717, 1.165) is 32.1 Å². The lowest BCUT2D eigenvalue weighted by atomic mass is 9.58. The Kier molecular flexibility index (Phi) is 9.54. The Hall–Kier alpha value is -1.20. The highest BCUT2D eigenvalue weighted by Crippen LogP contribution is 2.49. The summed E-state index contributed by atoms with van der Waals surface area (Å²) in [6, 6.07) is 0. The van der Waals surface area contributed by atoms with E-state index in [0.29, 0.717) is 50.1 Å². The molecule has 0 bridgehead atoms. The molecular weight excluding hydrogens is 404 g/mol. The van der Waals surface area contributed by atoms with Crippen molar-refractivity contribution in [2.75, 3.05) is 13.2 Å². The minimum Gasteiger partial charge on any atom is -0.460 e. The van der Waals surface area contributed by atoms with Gasteiger partial charge in [0.1, 0.15) is 11.4 Å². The van der Waals surface area contributed by atoms with Crippen LogP contribution in [-0.4, -0.2) is 36.9 Å². The van der Waals surface area contributed by atoms with Gasteiger partial charge in [-0.25, -0.2) is 0 Å². The summed E-state index contributed by atoms with van der Waals surface area (Å²) in [4.78, 5) is 25.3. The molecule has 5 heteroatoms. The number of ketones is 1. The third kappa shape index (κ3) is 7.98. The summed E-state index contributed by atoms with van der Waals surface area (Å²) >= 11 is 0. The summed E-state index contributed by atoms with van der Waals surface area (Å²) < 4.78 is 17.3. The van der Waals surface area contributed by atoms with Crippen LogP contribution in [0.25, 0.3) is 0 Å². The fourth-order valence-corrected chi connectivity index (χ4v) is 5.15. The molecule has 1 aliphatic heterocycles. The maximum atomic E-state index is 13.3. The van der Waals surface area contributed by atoms with E-state index in [4.69, 9.17) is 14.2 Å². The van der Waals surface area contributed by atoms with Crippen molar-refractivity contribution in [3.8, 4) is 0 Å². The zero-order valence-corrected chi connectivity index (χ0v) is 21.5. The van der Waals surface area contributed by atoms with E-state index in [1.165, 1.54) is 0 Å². The Balaban J connectivity index is 2.02. The van der Waals surface area contributed by atoms with Crippen LogP contribution in [-0.2, 0) is 23.8 Å². The highest BCUT2D eigenvalue weighted by atomic mass is 16.7. The van der Waals surface area contributed by atoms with Crippen LogP contribution in [0.2, 0.25) is 0 Å². The molecular formula is C27H46O5. The minimum atomic E-state index is -0.456. The van der Waals surface area contributed by atoms with Crippen LogP contribution in [0.1, 0.15) is 99.8 Å². The number of carbonyl (C=O) groups excluding carboxylic acids is 2. The topological polar surface area (TPSA) is 61.8 Å². The second-order valence-electron chi connectivity index (χ2n) is 11.9. The molecule has 184 valence electrons. The molecule has 32 heavy (non-hydrogen) atoms. The first kappa shape index (κ1) is 27.0. The number of allylic oxidation sites excluding steroid dienone is 2. The number of Topliss-reactive ketones (excluding diaryl/α,β-unsaturated/α-hetero) is 1. The summed E-state index contributed by atoms with van der Waals surface area (Å²) in [6.45, 7) is 15.8. The fourth-order valence-electron chi connectivity index (χ4n) is 5.15. The van der Waals surface area contributed by atoms with Gasteiger partial charge in [0.15, 0.2) is 6.29 Å². The van der Waals surface area contributed by atoms with Crippen molar-refractivity contribution in [1.82, 2.24) is 0 Å². The predicted octanol–water partition coefficient (Wildman–Crippen LogP) is 6.25. The fraction of sp³-hybridized carbons (Fsp3) is 0.852. The molecule has 0 amide bonds. The van der Waals surface area contributed by atoms with Crippen LogP contribution >= 0.6 is 0 Å². The third-order valence-corrected chi connectivity index (χ3v) is 6.72. The summed E-state index contributed by atoms with van der Waals surface area (Å²) in [5.41, 5.74) is -0.775. The molecule has 0 radical (unpaired) electrons.